The third-order valence-electron chi connectivity index (χ3n) is 2.99. The highest BCUT2D eigenvalue weighted by Crippen LogP contribution is 2.12. The van der Waals surface area contributed by atoms with Gasteiger partial charge < -0.3 is 16.0 Å². The highest BCUT2D eigenvalue weighted by atomic mass is 16.2. The molecule has 2 aliphatic rings. The second-order valence-electron chi connectivity index (χ2n) is 4.70. The van der Waals surface area contributed by atoms with E-state index in [1.807, 2.05) is 0 Å². The highest BCUT2D eigenvalue weighted by molar-refractivity contribution is 6.01. The van der Waals surface area contributed by atoms with Crippen LogP contribution >= 0.6 is 0 Å². The van der Waals surface area contributed by atoms with Gasteiger partial charge in [-0.3, -0.25) is 9.59 Å². The lowest BCUT2D eigenvalue weighted by atomic mass is 10.2. The Morgan fingerprint density at radius 3 is 3.05 bits per heavy atom. The molecule has 0 radical (unpaired) electrons. The summed E-state index contributed by atoms with van der Waals surface area (Å²) in [5, 5.41) is 8.13. The van der Waals surface area contributed by atoms with Gasteiger partial charge in [0.2, 0.25) is 5.91 Å². The molecule has 0 aromatic heterocycles. The molecule has 0 saturated heterocycles. The van der Waals surface area contributed by atoms with Gasteiger partial charge in [-0.2, -0.15) is 5.10 Å². The van der Waals surface area contributed by atoms with Crippen molar-refractivity contribution in [2.24, 2.45) is 10.8 Å². The van der Waals surface area contributed by atoms with Gasteiger partial charge in [-0.05, 0) is 18.6 Å². The second-order valence-corrected chi connectivity index (χ2v) is 4.70. The van der Waals surface area contributed by atoms with E-state index in [4.69, 9.17) is 5.73 Å². The van der Waals surface area contributed by atoms with Crippen LogP contribution in [0.3, 0.4) is 0 Å². The zero-order valence-corrected chi connectivity index (χ0v) is 11.5. The van der Waals surface area contributed by atoms with Gasteiger partial charge in [-0.25, -0.2) is 5.01 Å². The normalized spacial score (nSPS) is 17.6. The van der Waals surface area contributed by atoms with E-state index < -0.39 is 0 Å². The molecule has 0 aromatic rings. The van der Waals surface area contributed by atoms with Gasteiger partial charge in [0.1, 0.15) is 13.1 Å². The molecule has 0 fully saturated rings. The van der Waals surface area contributed by atoms with Crippen LogP contribution in [0, 0.1) is 0 Å². The number of fused-ring (bicyclic) bond motifs is 1. The Bertz CT molecular complexity index is 495. The van der Waals surface area contributed by atoms with Gasteiger partial charge in [-0.15, -0.1) is 0 Å². The second kappa shape index (κ2) is 6.23. The van der Waals surface area contributed by atoms with E-state index in [9.17, 15) is 9.59 Å². The van der Waals surface area contributed by atoms with E-state index >= 15 is 0 Å². The van der Waals surface area contributed by atoms with Crippen molar-refractivity contribution >= 4 is 17.6 Å². The maximum absolute atomic E-state index is 11.9. The Balaban J connectivity index is 1.96. The number of nitrogens with two attached hydrogens (primary N) is 1. The van der Waals surface area contributed by atoms with Crippen molar-refractivity contribution in [2.75, 3.05) is 19.6 Å². The number of hydrogen-bond acceptors (Lipinski definition) is 5. The lowest BCUT2D eigenvalue weighted by molar-refractivity contribution is -0.137. The number of hydrazone groups is 1. The predicted octanol–water partition coefficient (Wildman–Crippen LogP) is -0.270. The molecular weight excluding hydrogens is 258 g/mol. The maximum atomic E-state index is 11.9. The zero-order chi connectivity index (χ0) is 14.5. The Morgan fingerprint density at radius 2 is 2.30 bits per heavy atom. The van der Waals surface area contributed by atoms with Crippen LogP contribution in [0.2, 0.25) is 0 Å². The first-order valence-corrected chi connectivity index (χ1v) is 6.68. The molecule has 0 atom stereocenters. The minimum atomic E-state index is -0.223. The molecule has 3 N–H and O–H groups in total. The summed E-state index contributed by atoms with van der Waals surface area (Å²) in [6.45, 7) is 2.77. The Hall–Kier alpha value is -2.31. The Kier molecular flexibility index (Phi) is 4.39. The molecule has 0 aromatic carbocycles. The fourth-order valence-corrected chi connectivity index (χ4v) is 1.90. The first kappa shape index (κ1) is 14.1. The minimum Gasteiger partial charge on any atom is -0.398 e. The Labute approximate surface area is 117 Å². The fourth-order valence-electron chi connectivity index (χ4n) is 1.90. The zero-order valence-electron chi connectivity index (χ0n) is 11.5. The van der Waals surface area contributed by atoms with Gasteiger partial charge in [0.15, 0.2) is 5.84 Å². The number of rotatable bonds is 5. The smallest absolute Gasteiger partial charge is 0.263 e. The van der Waals surface area contributed by atoms with Crippen LogP contribution < -0.4 is 11.1 Å². The molecule has 0 unspecified atom stereocenters. The lowest BCUT2D eigenvalue weighted by Crippen LogP contribution is -2.48. The number of amidine groups is 1. The molecule has 0 aliphatic carbocycles. The highest BCUT2D eigenvalue weighted by Gasteiger charge is 2.27. The number of amides is 2. The van der Waals surface area contributed by atoms with Crippen LogP contribution in [0.25, 0.3) is 0 Å². The summed E-state index contributed by atoms with van der Waals surface area (Å²) in [4.78, 5) is 25.3. The average molecular weight is 277 g/mol. The summed E-state index contributed by atoms with van der Waals surface area (Å²) in [6, 6.07) is 0. The third kappa shape index (κ3) is 3.37. The van der Waals surface area contributed by atoms with Crippen LogP contribution in [0.4, 0.5) is 0 Å². The van der Waals surface area contributed by atoms with Crippen molar-refractivity contribution in [3.63, 3.8) is 0 Å². The van der Waals surface area contributed by atoms with E-state index in [1.54, 1.807) is 23.3 Å². The van der Waals surface area contributed by atoms with Gasteiger partial charge in [0.25, 0.3) is 5.91 Å². The number of unbranched alkanes of at least 4 members (excludes halogenated alkanes) is 1. The number of nitrogens with one attached hydrogen (secondary N) is 1. The van der Waals surface area contributed by atoms with Gasteiger partial charge in [0.05, 0.1) is 0 Å². The van der Waals surface area contributed by atoms with Crippen molar-refractivity contribution < 1.29 is 9.59 Å². The summed E-state index contributed by atoms with van der Waals surface area (Å²) in [6.07, 6.45) is 7.04. The summed E-state index contributed by atoms with van der Waals surface area (Å²) in [5.41, 5.74) is 6.23. The molecule has 2 amide bonds. The van der Waals surface area contributed by atoms with Crippen LogP contribution in [-0.4, -0.2) is 47.2 Å². The number of allylic oxidation sites excluding steroid dienone is 1. The van der Waals surface area contributed by atoms with Crippen molar-refractivity contribution in [3.8, 4) is 0 Å². The SMILES string of the molecule is CCCCNC(=O)CN1N=C2C=CC(N)=CN2CC1=O. The van der Waals surface area contributed by atoms with Crippen molar-refractivity contribution in [1.82, 2.24) is 15.2 Å². The van der Waals surface area contributed by atoms with Gasteiger partial charge >= 0.3 is 0 Å². The maximum Gasteiger partial charge on any atom is 0.263 e. The molecular formula is C13H19N5O2. The summed E-state index contributed by atoms with van der Waals surface area (Å²) in [7, 11) is 0. The molecule has 0 saturated carbocycles. The fraction of sp³-hybridized carbons (Fsp3) is 0.462. The molecule has 108 valence electrons. The van der Waals surface area contributed by atoms with Crippen LogP contribution in [0.15, 0.2) is 29.2 Å². The van der Waals surface area contributed by atoms with Gasteiger partial charge in [-0.1, -0.05) is 13.3 Å². The first-order valence-electron chi connectivity index (χ1n) is 6.68. The van der Waals surface area contributed by atoms with E-state index in [0.717, 1.165) is 12.8 Å². The van der Waals surface area contributed by atoms with E-state index in [1.165, 1.54) is 5.01 Å². The lowest BCUT2D eigenvalue weighted by Gasteiger charge is -2.31. The number of nitrogens with zero attached hydrogens (tertiary/aromatic N) is 3. The molecule has 2 rings (SSSR count). The molecule has 0 spiro atoms. The van der Waals surface area contributed by atoms with Crippen molar-refractivity contribution in [2.45, 2.75) is 19.8 Å². The minimum absolute atomic E-state index is 0.0487. The average Bonchev–Trinajstić information content (AvgIpc) is 2.40. The molecule has 7 heteroatoms. The Morgan fingerprint density at radius 1 is 1.50 bits per heavy atom. The van der Waals surface area contributed by atoms with Crippen molar-refractivity contribution in [1.29, 1.82) is 0 Å². The van der Waals surface area contributed by atoms with Crippen molar-refractivity contribution in [3.05, 3.63) is 24.0 Å². The van der Waals surface area contributed by atoms with E-state index in [-0.39, 0.29) is 24.9 Å². The number of carbonyl (C=O) groups excluding carboxylic acids is 2. The molecule has 2 heterocycles. The largest absolute Gasteiger partial charge is 0.398 e. The summed E-state index contributed by atoms with van der Waals surface area (Å²) >= 11 is 0. The quantitative estimate of drug-likeness (QED) is 0.677. The standard InChI is InChI=1S/C13H19N5O2/c1-2-3-6-15-12(19)8-18-13(20)9-17-7-10(14)4-5-11(17)16-18/h4-5,7H,2-3,6,8-9,14H2,1H3,(H,15,19). The van der Waals surface area contributed by atoms with Gasteiger partial charge in [0, 0.05) is 18.4 Å². The summed E-state index contributed by atoms with van der Waals surface area (Å²) < 4.78 is 0. The molecule has 20 heavy (non-hydrogen) atoms. The molecule has 7 nitrogen and oxygen atoms in total. The summed E-state index contributed by atoms with van der Waals surface area (Å²) in [5.74, 6) is 0.193. The predicted molar refractivity (Wildman–Crippen MR) is 75.2 cm³/mol. The van der Waals surface area contributed by atoms with E-state index in [0.29, 0.717) is 18.1 Å². The first-order chi connectivity index (χ1) is 9.60. The van der Waals surface area contributed by atoms with E-state index in [2.05, 4.69) is 17.3 Å². The monoisotopic (exact) mass is 277 g/mol. The molecule has 2 aliphatic heterocycles. The van der Waals surface area contributed by atoms with Crippen LogP contribution in [0.1, 0.15) is 19.8 Å². The van der Waals surface area contributed by atoms with Crippen LogP contribution in [0.5, 0.6) is 0 Å². The number of hydrogen-bond donors (Lipinski definition) is 2. The molecule has 0 bridgehead atoms. The van der Waals surface area contributed by atoms with Crippen LogP contribution in [-0.2, 0) is 9.59 Å². The number of carbonyl (C=O) groups is 2. The third-order valence-corrected chi connectivity index (χ3v) is 2.99. The topological polar surface area (TPSA) is 91.0 Å².